The van der Waals surface area contributed by atoms with Gasteiger partial charge in [-0.3, -0.25) is 14.4 Å². The summed E-state index contributed by atoms with van der Waals surface area (Å²) in [6.07, 6.45) is -0.995. The van der Waals surface area contributed by atoms with E-state index < -0.39 is 23.9 Å². The fraction of sp³-hybridized carbons (Fsp3) is 0.250. The predicted octanol–water partition coefficient (Wildman–Crippen LogP) is 3.26. The average molecular weight is 389 g/mol. The second-order valence-electron chi connectivity index (χ2n) is 6.13. The Hall–Kier alpha value is -2.86. The van der Waals surface area contributed by atoms with Crippen LogP contribution < -0.4 is 10.6 Å². The summed E-state index contributed by atoms with van der Waals surface area (Å²) in [5, 5.41) is 5.67. The van der Waals surface area contributed by atoms with Crippen LogP contribution in [0, 0.1) is 13.8 Å². The zero-order valence-corrected chi connectivity index (χ0v) is 16.1. The molecule has 2 rings (SSSR count). The summed E-state index contributed by atoms with van der Waals surface area (Å²) in [5.41, 5.74) is 3.02. The van der Waals surface area contributed by atoms with Crippen LogP contribution in [-0.4, -0.2) is 30.4 Å². The number of amides is 2. The molecule has 0 aliphatic heterocycles. The summed E-state index contributed by atoms with van der Waals surface area (Å²) < 4.78 is 5.07. The molecule has 27 heavy (non-hydrogen) atoms. The zero-order chi connectivity index (χ0) is 20.0. The van der Waals surface area contributed by atoms with Gasteiger partial charge in [-0.25, -0.2) is 0 Å². The van der Waals surface area contributed by atoms with Gasteiger partial charge in [0.2, 0.25) is 0 Å². The van der Waals surface area contributed by atoms with Crippen molar-refractivity contribution in [1.29, 1.82) is 0 Å². The van der Waals surface area contributed by atoms with Gasteiger partial charge >= 0.3 is 5.97 Å². The number of ether oxygens (including phenoxy) is 1. The maximum atomic E-state index is 12.2. The molecule has 0 radical (unpaired) electrons. The van der Waals surface area contributed by atoms with E-state index in [1.54, 1.807) is 30.3 Å². The molecule has 142 valence electrons. The van der Waals surface area contributed by atoms with E-state index in [0.717, 1.165) is 11.1 Å². The molecule has 0 bridgehead atoms. The number of rotatable bonds is 6. The van der Waals surface area contributed by atoms with Crippen LogP contribution in [0.15, 0.2) is 42.5 Å². The first-order valence-electron chi connectivity index (χ1n) is 8.37. The molecule has 0 spiro atoms. The van der Waals surface area contributed by atoms with Crippen molar-refractivity contribution in [3.8, 4) is 0 Å². The third kappa shape index (κ3) is 6.11. The number of carbonyl (C=O) groups excluding carboxylic acids is 3. The molecule has 0 aliphatic carbocycles. The number of aryl methyl sites for hydroxylation is 2. The Morgan fingerprint density at radius 1 is 1.07 bits per heavy atom. The first-order valence-corrected chi connectivity index (χ1v) is 8.75. The molecule has 1 unspecified atom stereocenters. The highest BCUT2D eigenvalue weighted by Gasteiger charge is 2.19. The molecule has 0 saturated heterocycles. The quantitative estimate of drug-likeness (QED) is 0.744. The lowest BCUT2D eigenvalue weighted by molar-refractivity contribution is -0.152. The van der Waals surface area contributed by atoms with Crippen LogP contribution in [-0.2, 0) is 14.3 Å². The third-order valence-electron chi connectivity index (χ3n) is 3.82. The van der Waals surface area contributed by atoms with Crippen molar-refractivity contribution < 1.29 is 19.1 Å². The van der Waals surface area contributed by atoms with Crippen LogP contribution in [0.3, 0.4) is 0 Å². The van der Waals surface area contributed by atoms with Gasteiger partial charge < -0.3 is 15.4 Å². The van der Waals surface area contributed by atoms with Gasteiger partial charge in [0.25, 0.3) is 11.8 Å². The van der Waals surface area contributed by atoms with E-state index in [0.29, 0.717) is 16.3 Å². The molecule has 0 heterocycles. The van der Waals surface area contributed by atoms with Gasteiger partial charge in [0.05, 0.1) is 0 Å². The van der Waals surface area contributed by atoms with E-state index in [2.05, 4.69) is 10.6 Å². The van der Waals surface area contributed by atoms with E-state index in [-0.39, 0.29) is 6.54 Å². The topological polar surface area (TPSA) is 84.5 Å². The summed E-state index contributed by atoms with van der Waals surface area (Å²) >= 11 is 5.76. The summed E-state index contributed by atoms with van der Waals surface area (Å²) in [5.74, 6) is -1.59. The number of hydrogen-bond acceptors (Lipinski definition) is 4. The Morgan fingerprint density at radius 2 is 1.74 bits per heavy atom. The molecule has 0 aliphatic rings. The highest BCUT2D eigenvalue weighted by Crippen LogP contribution is 2.16. The second-order valence-corrected chi connectivity index (χ2v) is 6.57. The van der Waals surface area contributed by atoms with Crippen molar-refractivity contribution in [1.82, 2.24) is 5.32 Å². The Morgan fingerprint density at radius 3 is 2.37 bits per heavy atom. The van der Waals surface area contributed by atoms with Gasteiger partial charge in [0.15, 0.2) is 6.10 Å². The van der Waals surface area contributed by atoms with E-state index in [4.69, 9.17) is 16.3 Å². The number of nitrogens with one attached hydrogen (secondary N) is 2. The fourth-order valence-corrected chi connectivity index (χ4v) is 2.46. The van der Waals surface area contributed by atoms with Crippen molar-refractivity contribution in [3.05, 3.63) is 64.2 Å². The van der Waals surface area contributed by atoms with Gasteiger partial charge in [-0.2, -0.15) is 0 Å². The van der Waals surface area contributed by atoms with Crippen LogP contribution in [0.5, 0.6) is 0 Å². The van der Waals surface area contributed by atoms with Crippen LogP contribution in [0.1, 0.15) is 28.4 Å². The molecule has 0 fully saturated rings. The molecule has 6 nitrogen and oxygen atoms in total. The van der Waals surface area contributed by atoms with Crippen LogP contribution in [0.25, 0.3) is 0 Å². The predicted molar refractivity (Wildman–Crippen MR) is 104 cm³/mol. The molecular formula is C20H21ClN2O4. The average Bonchev–Trinajstić information content (AvgIpc) is 2.62. The minimum Gasteiger partial charge on any atom is -0.451 e. The second kappa shape index (κ2) is 9.19. The Bertz CT molecular complexity index is 850. The highest BCUT2D eigenvalue weighted by atomic mass is 35.5. The monoisotopic (exact) mass is 388 g/mol. The largest absolute Gasteiger partial charge is 0.451 e. The maximum absolute atomic E-state index is 12.2. The maximum Gasteiger partial charge on any atom is 0.326 e. The van der Waals surface area contributed by atoms with E-state index in [1.165, 1.54) is 6.92 Å². The SMILES string of the molecule is Cc1ccc(NC(=O)C(C)OC(=O)CNC(=O)c2ccc(Cl)cc2)c(C)c1. The smallest absolute Gasteiger partial charge is 0.326 e. The lowest BCUT2D eigenvalue weighted by atomic mass is 10.1. The van der Waals surface area contributed by atoms with Crippen LogP contribution in [0.2, 0.25) is 5.02 Å². The standard InChI is InChI=1S/C20H21ClN2O4/c1-12-4-9-17(13(2)10-12)23-19(25)14(3)27-18(24)11-22-20(26)15-5-7-16(21)8-6-15/h4-10,14H,11H2,1-3H3,(H,22,26)(H,23,25). The van der Waals surface area contributed by atoms with Crippen molar-refractivity contribution in [2.24, 2.45) is 0 Å². The molecule has 2 aromatic rings. The Balaban J connectivity index is 1.82. The molecular weight excluding hydrogens is 368 g/mol. The summed E-state index contributed by atoms with van der Waals surface area (Å²) in [7, 11) is 0. The summed E-state index contributed by atoms with van der Waals surface area (Å²) in [6, 6.07) is 11.9. The first kappa shape index (κ1) is 20.5. The van der Waals surface area contributed by atoms with Gasteiger partial charge in [-0.1, -0.05) is 29.3 Å². The first-order chi connectivity index (χ1) is 12.8. The van der Waals surface area contributed by atoms with Gasteiger partial charge in [0, 0.05) is 16.3 Å². The number of anilines is 1. The minimum atomic E-state index is -0.995. The van der Waals surface area contributed by atoms with E-state index in [9.17, 15) is 14.4 Å². The summed E-state index contributed by atoms with van der Waals surface area (Å²) in [4.78, 5) is 36.0. The fourth-order valence-electron chi connectivity index (χ4n) is 2.34. The van der Waals surface area contributed by atoms with Gasteiger partial charge in [0.1, 0.15) is 6.54 Å². The van der Waals surface area contributed by atoms with Gasteiger partial charge in [-0.05, 0) is 56.7 Å². The highest BCUT2D eigenvalue weighted by molar-refractivity contribution is 6.30. The zero-order valence-electron chi connectivity index (χ0n) is 15.3. The van der Waals surface area contributed by atoms with Crippen LogP contribution >= 0.6 is 11.6 Å². The Kier molecular flexibility index (Phi) is 6.96. The van der Waals surface area contributed by atoms with Crippen molar-refractivity contribution in [3.63, 3.8) is 0 Å². The molecule has 2 amide bonds. The number of halogens is 1. The van der Waals surface area contributed by atoms with Crippen molar-refractivity contribution in [2.45, 2.75) is 26.9 Å². The molecule has 2 aromatic carbocycles. The van der Waals surface area contributed by atoms with E-state index >= 15 is 0 Å². The normalized spacial score (nSPS) is 11.4. The lowest BCUT2D eigenvalue weighted by Gasteiger charge is -2.15. The number of hydrogen-bond donors (Lipinski definition) is 2. The number of esters is 1. The van der Waals surface area contributed by atoms with Gasteiger partial charge in [-0.15, -0.1) is 0 Å². The van der Waals surface area contributed by atoms with Crippen molar-refractivity contribution >= 4 is 35.1 Å². The van der Waals surface area contributed by atoms with E-state index in [1.807, 2.05) is 26.0 Å². The van der Waals surface area contributed by atoms with Crippen LogP contribution in [0.4, 0.5) is 5.69 Å². The molecule has 0 saturated carbocycles. The number of benzene rings is 2. The Labute approximate surface area is 162 Å². The molecule has 2 N–H and O–H groups in total. The number of carbonyl (C=O) groups is 3. The molecule has 7 heteroatoms. The summed E-state index contributed by atoms with van der Waals surface area (Å²) in [6.45, 7) is 4.97. The minimum absolute atomic E-state index is 0.345. The third-order valence-corrected chi connectivity index (χ3v) is 4.07. The van der Waals surface area contributed by atoms with Crippen molar-refractivity contribution in [2.75, 3.05) is 11.9 Å². The molecule has 0 aromatic heterocycles. The lowest BCUT2D eigenvalue weighted by Crippen LogP contribution is -2.35. The molecule has 1 atom stereocenters.